The van der Waals surface area contributed by atoms with Crippen LogP contribution in [-0.2, 0) is 19.5 Å². The molecular weight excluding hydrogens is 326 g/mol. The minimum atomic E-state index is -0.0806. The minimum Gasteiger partial charge on any atom is -0.487 e. The fourth-order valence-corrected chi connectivity index (χ4v) is 3.25. The lowest BCUT2D eigenvalue weighted by atomic mass is 10.0. The van der Waals surface area contributed by atoms with Crippen molar-refractivity contribution in [3.63, 3.8) is 0 Å². The van der Waals surface area contributed by atoms with Crippen molar-refractivity contribution >= 4 is 15.9 Å². The average Bonchev–Trinajstić information content (AvgIpc) is 2.74. The Kier molecular flexibility index (Phi) is 4.05. The second-order valence-corrected chi connectivity index (χ2v) is 7.09. The van der Waals surface area contributed by atoms with Gasteiger partial charge in [0.05, 0.1) is 0 Å². The molecule has 0 unspecified atom stereocenters. The minimum absolute atomic E-state index is 0.0806. The highest BCUT2D eigenvalue weighted by molar-refractivity contribution is 9.10. The summed E-state index contributed by atoms with van der Waals surface area (Å²) in [4.78, 5) is 0. The first-order valence-corrected chi connectivity index (χ1v) is 8.08. The van der Waals surface area contributed by atoms with Crippen LogP contribution in [0.1, 0.15) is 30.5 Å². The highest BCUT2D eigenvalue weighted by Gasteiger charge is 2.31. The first-order valence-electron chi connectivity index (χ1n) is 7.28. The van der Waals surface area contributed by atoms with Crippen molar-refractivity contribution in [1.29, 1.82) is 0 Å². The number of fused-ring (bicyclic) bond motifs is 1. The van der Waals surface area contributed by atoms with Gasteiger partial charge in [-0.1, -0.05) is 46.3 Å². The summed E-state index contributed by atoms with van der Waals surface area (Å²) in [5, 5.41) is 3.50. The summed E-state index contributed by atoms with van der Waals surface area (Å²) < 4.78 is 7.22. The Labute approximate surface area is 134 Å². The summed E-state index contributed by atoms with van der Waals surface area (Å²) in [5.41, 5.74) is 3.76. The standard InChI is InChI=1S/C18H20BrNO/c1-18(2)10-14-6-4-7-15(17(14)21-18)12-20-11-13-5-3-8-16(19)9-13/h3-9,20H,10-12H2,1-2H3. The largest absolute Gasteiger partial charge is 0.487 e. The summed E-state index contributed by atoms with van der Waals surface area (Å²) in [6.07, 6.45) is 0.988. The van der Waals surface area contributed by atoms with Gasteiger partial charge in [0.25, 0.3) is 0 Å². The second-order valence-electron chi connectivity index (χ2n) is 6.18. The molecule has 0 aromatic heterocycles. The lowest BCUT2D eigenvalue weighted by Gasteiger charge is -2.18. The molecule has 21 heavy (non-hydrogen) atoms. The molecule has 1 heterocycles. The van der Waals surface area contributed by atoms with Crippen LogP contribution < -0.4 is 10.1 Å². The number of benzene rings is 2. The number of hydrogen-bond acceptors (Lipinski definition) is 2. The Hall–Kier alpha value is -1.32. The van der Waals surface area contributed by atoms with Crippen LogP contribution in [-0.4, -0.2) is 5.60 Å². The van der Waals surface area contributed by atoms with Crippen LogP contribution >= 0.6 is 15.9 Å². The highest BCUT2D eigenvalue weighted by Crippen LogP contribution is 2.37. The molecule has 3 rings (SSSR count). The molecule has 0 fully saturated rings. The molecule has 1 aliphatic heterocycles. The van der Waals surface area contributed by atoms with E-state index in [0.29, 0.717) is 0 Å². The quantitative estimate of drug-likeness (QED) is 0.883. The summed E-state index contributed by atoms with van der Waals surface area (Å²) in [7, 11) is 0. The molecular formula is C18H20BrNO. The SMILES string of the molecule is CC1(C)Cc2cccc(CNCc3cccc(Br)c3)c2O1. The third kappa shape index (κ3) is 3.47. The van der Waals surface area contributed by atoms with E-state index in [-0.39, 0.29) is 5.60 Å². The van der Waals surface area contributed by atoms with Gasteiger partial charge in [-0.05, 0) is 37.1 Å². The van der Waals surface area contributed by atoms with Gasteiger partial charge in [0.2, 0.25) is 0 Å². The molecule has 110 valence electrons. The summed E-state index contributed by atoms with van der Waals surface area (Å²) in [6.45, 7) is 5.97. The Morgan fingerprint density at radius 2 is 1.95 bits per heavy atom. The average molecular weight is 346 g/mol. The van der Waals surface area contributed by atoms with E-state index in [1.165, 1.54) is 16.7 Å². The van der Waals surface area contributed by atoms with E-state index in [9.17, 15) is 0 Å². The molecule has 0 radical (unpaired) electrons. The maximum Gasteiger partial charge on any atom is 0.127 e. The van der Waals surface area contributed by atoms with E-state index >= 15 is 0 Å². The van der Waals surface area contributed by atoms with Gasteiger partial charge >= 0.3 is 0 Å². The van der Waals surface area contributed by atoms with Crippen molar-refractivity contribution in [2.75, 3.05) is 0 Å². The van der Waals surface area contributed by atoms with Crippen molar-refractivity contribution in [3.8, 4) is 5.75 Å². The van der Waals surface area contributed by atoms with Gasteiger partial charge in [0, 0.05) is 29.5 Å². The smallest absolute Gasteiger partial charge is 0.127 e. The van der Waals surface area contributed by atoms with Gasteiger partial charge in [0.1, 0.15) is 11.4 Å². The number of ether oxygens (including phenoxy) is 1. The van der Waals surface area contributed by atoms with Gasteiger partial charge in [-0.15, -0.1) is 0 Å². The molecule has 0 amide bonds. The first-order chi connectivity index (χ1) is 10.0. The summed E-state index contributed by atoms with van der Waals surface area (Å²) >= 11 is 3.50. The molecule has 0 spiro atoms. The first kappa shape index (κ1) is 14.6. The van der Waals surface area contributed by atoms with Crippen LogP contribution in [0.2, 0.25) is 0 Å². The molecule has 2 aromatic rings. The van der Waals surface area contributed by atoms with Gasteiger partial charge in [0.15, 0.2) is 0 Å². The maximum absolute atomic E-state index is 6.10. The van der Waals surface area contributed by atoms with Crippen LogP contribution in [0.5, 0.6) is 5.75 Å². The highest BCUT2D eigenvalue weighted by atomic mass is 79.9. The van der Waals surface area contributed by atoms with E-state index in [2.05, 4.69) is 71.5 Å². The Morgan fingerprint density at radius 1 is 1.14 bits per heavy atom. The number of nitrogens with one attached hydrogen (secondary N) is 1. The van der Waals surface area contributed by atoms with Crippen LogP contribution in [0.3, 0.4) is 0 Å². The van der Waals surface area contributed by atoms with E-state index in [1.807, 2.05) is 6.07 Å². The van der Waals surface area contributed by atoms with Crippen LogP contribution in [0.4, 0.5) is 0 Å². The third-order valence-corrected chi connectivity index (χ3v) is 4.20. The number of hydrogen-bond donors (Lipinski definition) is 1. The number of halogens is 1. The van der Waals surface area contributed by atoms with Crippen molar-refractivity contribution in [3.05, 3.63) is 63.6 Å². The lowest BCUT2D eigenvalue weighted by Crippen LogP contribution is -2.25. The van der Waals surface area contributed by atoms with Gasteiger partial charge in [-0.2, -0.15) is 0 Å². The maximum atomic E-state index is 6.10. The van der Waals surface area contributed by atoms with Crippen LogP contribution in [0.25, 0.3) is 0 Å². The van der Waals surface area contributed by atoms with Crippen LogP contribution in [0.15, 0.2) is 46.9 Å². The molecule has 3 heteroatoms. The summed E-state index contributed by atoms with van der Waals surface area (Å²) in [5.74, 6) is 1.07. The van der Waals surface area contributed by atoms with Gasteiger partial charge in [-0.3, -0.25) is 0 Å². The molecule has 1 aliphatic rings. The Balaban J connectivity index is 1.66. The van der Waals surface area contributed by atoms with Crippen molar-refractivity contribution in [2.24, 2.45) is 0 Å². The topological polar surface area (TPSA) is 21.3 Å². The van der Waals surface area contributed by atoms with E-state index in [1.54, 1.807) is 0 Å². The Bertz CT molecular complexity index is 651. The number of para-hydroxylation sites is 1. The molecule has 0 saturated heterocycles. The fourth-order valence-electron chi connectivity index (χ4n) is 2.81. The monoisotopic (exact) mass is 345 g/mol. The third-order valence-electron chi connectivity index (χ3n) is 3.71. The van der Waals surface area contributed by atoms with E-state index in [0.717, 1.165) is 29.7 Å². The Morgan fingerprint density at radius 3 is 2.76 bits per heavy atom. The zero-order valence-corrected chi connectivity index (χ0v) is 14.0. The summed E-state index contributed by atoms with van der Waals surface area (Å²) in [6, 6.07) is 14.8. The van der Waals surface area contributed by atoms with Crippen molar-refractivity contribution in [1.82, 2.24) is 5.32 Å². The van der Waals surface area contributed by atoms with Gasteiger partial charge < -0.3 is 10.1 Å². The zero-order valence-electron chi connectivity index (χ0n) is 12.4. The predicted octanol–water partition coefficient (Wildman–Crippen LogP) is 4.45. The normalized spacial score (nSPS) is 15.6. The second kappa shape index (κ2) is 5.82. The molecule has 0 atom stereocenters. The molecule has 2 nitrogen and oxygen atoms in total. The molecule has 0 saturated carbocycles. The van der Waals surface area contributed by atoms with Crippen molar-refractivity contribution in [2.45, 2.75) is 39.0 Å². The molecule has 0 aliphatic carbocycles. The van der Waals surface area contributed by atoms with E-state index in [4.69, 9.17) is 4.74 Å². The lowest BCUT2D eigenvalue weighted by molar-refractivity contribution is 0.137. The van der Waals surface area contributed by atoms with Crippen molar-refractivity contribution < 1.29 is 4.74 Å². The van der Waals surface area contributed by atoms with Gasteiger partial charge in [-0.25, -0.2) is 0 Å². The molecule has 2 aromatic carbocycles. The fraction of sp³-hybridized carbons (Fsp3) is 0.333. The zero-order chi connectivity index (χ0) is 14.9. The van der Waals surface area contributed by atoms with E-state index < -0.39 is 0 Å². The molecule has 1 N–H and O–H groups in total. The molecule has 0 bridgehead atoms. The predicted molar refractivity (Wildman–Crippen MR) is 89.5 cm³/mol. The van der Waals surface area contributed by atoms with Crippen LogP contribution in [0, 0.1) is 0 Å². The number of rotatable bonds is 4.